The van der Waals surface area contributed by atoms with Crippen molar-refractivity contribution in [1.82, 2.24) is 10.3 Å². The Morgan fingerprint density at radius 2 is 2.04 bits per heavy atom. The third-order valence-electron chi connectivity index (χ3n) is 3.97. The van der Waals surface area contributed by atoms with Gasteiger partial charge < -0.3 is 24.6 Å². The summed E-state index contributed by atoms with van der Waals surface area (Å²) in [6.45, 7) is 3.39. The van der Waals surface area contributed by atoms with Gasteiger partial charge in [0.25, 0.3) is 5.91 Å². The summed E-state index contributed by atoms with van der Waals surface area (Å²) >= 11 is 0. The molecular formula is C18H17N2O4-. The molecule has 2 aromatic heterocycles. The number of furan rings is 1. The number of aromatic nitrogens is 1. The number of para-hydroxylation sites is 1. The molecule has 24 heavy (non-hydrogen) atoms. The first-order valence-electron chi connectivity index (χ1n) is 7.59. The number of carboxylic acids is 1. The number of carbonyl (C=O) groups is 2. The summed E-state index contributed by atoms with van der Waals surface area (Å²) in [4.78, 5) is 26.9. The second-order valence-corrected chi connectivity index (χ2v) is 5.74. The van der Waals surface area contributed by atoms with Crippen molar-refractivity contribution in [1.29, 1.82) is 0 Å². The molecule has 0 bridgehead atoms. The molecule has 0 aliphatic carbocycles. The standard InChI is InChI=1S/C18H18N2O4/c1-10-7-14(11(2)24-10)17(21)20-16(18(22)23)8-12-9-19-15-6-4-3-5-13(12)15/h3-7,9,16,19H,8H2,1-2H3,(H,20,21)(H,22,23)/p-1/t16-/m0/s1. The number of fused-ring (bicyclic) bond motifs is 1. The van der Waals surface area contributed by atoms with Crippen molar-refractivity contribution in [3.05, 3.63) is 59.2 Å². The Balaban J connectivity index is 1.81. The number of carbonyl (C=O) groups excluding carboxylic acids is 2. The molecule has 3 aromatic rings. The molecule has 6 heteroatoms. The fraction of sp³-hybridized carbons (Fsp3) is 0.222. The summed E-state index contributed by atoms with van der Waals surface area (Å²) in [5.41, 5.74) is 2.05. The number of rotatable bonds is 5. The largest absolute Gasteiger partial charge is 0.548 e. The maximum atomic E-state index is 12.3. The van der Waals surface area contributed by atoms with E-state index in [0.29, 0.717) is 17.1 Å². The van der Waals surface area contributed by atoms with Crippen molar-refractivity contribution in [2.75, 3.05) is 0 Å². The molecule has 0 saturated heterocycles. The second-order valence-electron chi connectivity index (χ2n) is 5.74. The molecule has 6 nitrogen and oxygen atoms in total. The van der Waals surface area contributed by atoms with E-state index in [9.17, 15) is 14.7 Å². The zero-order valence-corrected chi connectivity index (χ0v) is 13.4. The molecule has 1 aromatic carbocycles. The summed E-state index contributed by atoms with van der Waals surface area (Å²) in [6.07, 6.45) is 1.88. The quantitative estimate of drug-likeness (QED) is 0.742. The van der Waals surface area contributed by atoms with Crippen molar-refractivity contribution in [3.8, 4) is 0 Å². The van der Waals surface area contributed by atoms with Gasteiger partial charge in [-0.2, -0.15) is 0 Å². The number of hydrogen-bond donors (Lipinski definition) is 2. The van der Waals surface area contributed by atoms with Gasteiger partial charge in [0.1, 0.15) is 11.5 Å². The molecule has 0 aliphatic heterocycles. The van der Waals surface area contributed by atoms with Crippen LogP contribution in [-0.2, 0) is 11.2 Å². The van der Waals surface area contributed by atoms with Crippen LogP contribution in [0.25, 0.3) is 10.9 Å². The van der Waals surface area contributed by atoms with Crippen LogP contribution in [0.5, 0.6) is 0 Å². The Morgan fingerprint density at radius 1 is 1.29 bits per heavy atom. The van der Waals surface area contributed by atoms with Gasteiger partial charge in [0.2, 0.25) is 0 Å². The lowest BCUT2D eigenvalue weighted by molar-refractivity contribution is -0.308. The van der Waals surface area contributed by atoms with E-state index in [4.69, 9.17) is 4.42 Å². The van der Waals surface area contributed by atoms with Gasteiger partial charge in [-0.05, 0) is 31.5 Å². The van der Waals surface area contributed by atoms with Gasteiger partial charge in [0, 0.05) is 23.5 Å². The molecule has 0 unspecified atom stereocenters. The number of carboxylic acid groups (broad SMARTS) is 1. The van der Waals surface area contributed by atoms with Gasteiger partial charge in [-0.3, -0.25) is 4.79 Å². The van der Waals surface area contributed by atoms with Gasteiger partial charge in [-0.15, -0.1) is 0 Å². The molecule has 0 saturated carbocycles. The molecule has 0 radical (unpaired) electrons. The highest BCUT2D eigenvalue weighted by molar-refractivity contribution is 5.97. The van der Waals surface area contributed by atoms with Gasteiger partial charge in [-0.25, -0.2) is 0 Å². The molecule has 3 rings (SSSR count). The van der Waals surface area contributed by atoms with Gasteiger partial charge in [0.15, 0.2) is 0 Å². The summed E-state index contributed by atoms with van der Waals surface area (Å²) in [7, 11) is 0. The Morgan fingerprint density at radius 3 is 2.71 bits per heavy atom. The number of H-pyrrole nitrogens is 1. The second kappa shape index (κ2) is 6.23. The maximum Gasteiger partial charge on any atom is 0.255 e. The lowest BCUT2D eigenvalue weighted by Crippen LogP contribution is -2.49. The summed E-state index contributed by atoms with van der Waals surface area (Å²) in [6, 6.07) is 8.03. The molecule has 0 spiro atoms. The Bertz CT molecular complexity index is 907. The van der Waals surface area contributed by atoms with Crippen molar-refractivity contribution in [2.24, 2.45) is 0 Å². The first kappa shape index (κ1) is 15.9. The number of hydrogen-bond acceptors (Lipinski definition) is 4. The predicted octanol–water partition coefficient (Wildman–Crippen LogP) is 1.47. The third-order valence-corrected chi connectivity index (χ3v) is 3.97. The molecule has 124 valence electrons. The molecule has 2 N–H and O–H groups in total. The van der Waals surface area contributed by atoms with Crippen LogP contribution in [-0.4, -0.2) is 22.9 Å². The van der Waals surface area contributed by atoms with E-state index < -0.39 is 17.9 Å². The smallest absolute Gasteiger partial charge is 0.255 e. The fourth-order valence-corrected chi connectivity index (χ4v) is 2.81. The highest BCUT2D eigenvalue weighted by atomic mass is 16.4. The van der Waals surface area contributed by atoms with Crippen molar-refractivity contribution in [3.63, 3.8) is 0 Å². The zero-order chi connectivity index (χ0) is 17.3. The molecule has 0 fully saturated rings. The van der Waals surface area contributed by atoms with Gasteiger partial charge in [0.05, 0.1) is 17.6 Å². The SMILES string of the molecule is Cc1cc(C(=O)N[C@@H](Cc2c[nH]c3ccccc23)C(=O)[O-])c(C)o1. The van der Waals surface area contributed by atoms with Crippen LogP contribution in [0.3, 0.4) is 0 Å². The highest BCUT2D eigenvalue weighted by Crippen LogP contribution is 2.19. The molecule has 0 aliphatic rings. The Kier molecular flexibility index (Phi) is 4.12. The maximum absolute atomic E-state index is 12.3. The number of aryl methyl sites for hydroxylation is 2. The zero-order valence-electron chi connectivity index (χ0n) is 13.4. The summed E-state index contributed by atoms with van der Waals surface area (Å²) in [5, 5.41) is 14.9. The summed E-state index contributed by atoms with van der Waals surface area (Å²) < 4.78 is 5.31. The highest BCUT2D eigenvalue weighted by Gasteiger charge is 2.20. The minimum Gasteiger partial charge on any atom is -0.548 e. The number of amides is 1. The van der Waals surface area contributed by atoms with E-state index in [1.807, 2.05) is 24.3 Å². The molecular weight excluding hydrogens is 308 g/mol. The van der Waals surface area contributed by atoms with E-state index in [2.05, 4.69) is 10.3 Å². The topological polar surface area (TPSA) is 98.2 Å². The van der Waals surface area contributed by atoms with Crippen molar-refractivity contribution >= 4 is 22.8 Å². The van der Waals surface area contributed by atoms with Crippen LogP contribution in [0.2, 0.25) is 0 Å². The number of aromatic amines is 1. The average Bonchev–Trinajstić information content (AvgIpc) is 3.09. The predicted molar refractivity (Wildman–Crippen MR) is 86.4 cm³/mol. The summed E-state index contributed by atoms with van der Waals surface area (Å²) in [5.74, 6) is -0.765. The average molecular weight is 325 g/mol. The monoisotopic (exact) mass is 325 g/mol. The van der Waals surface area contributed by atoms with E-state index in [-0.39, 0.29) is 6.42 Å². The van der Waals surface area contributed by atoms with Crippen LogP contribution in [0.1, 0.15) is 27.4 Å². The van der Waals surface area contributed by atoms with E-state index in [1.54, 1.807) is 26.1 Å². The molecule has 1 amide bonds. The Labute approximate surface area is 138 Å². The number of aliphatic carboxylic acids is 1. The van der Waals surface area contributed by atoms with Gasteiger partial charge >= 0.3 is 0 Å². The lowest BCUT2D eigenvalue weighted by Gasteiger charge is -2.19. The van der Waals surface area contributed by atoms with Crippen molar-refractivity contribution < 1.29 is 19.1 Å². The third kappa shape index (κ3) is 3.03. The van der Waals surface area contributed by atoms with E-state index in [0.717, 1.165) is 16.5 Å². The van der Waals surface area contributed by atoms with Crippen LogP contribution in [0.4, 0.5) is 0 Å². The minimum atomic E-state index is -1.33. The lowest BCUT2D eigenvalue weighted by atomic mass is 10.0. The Hall–Kier alpha value is -3.02. The number of benzene rings is 1. The van der Waals surface area contributed by atoms with Crippen LogP contribution in [0.15, 0.2) is 40.9 Å². The number of nitrogens with one attached hydrogen (secondary N) is 2. The van der Waals surface area contributed by atoms with Crippen LogP contribution >= 0.6 is 0 Å². The van der Waals surface area contributed by atoms with E-state index in [1.165, 1.54) is 0 Å². The molecule has 2 heterocycles. The minimum absolute atomic E-state index is 0.133. The van der Waals surface area contributed by atoms with Gasteiger partial charge in [-0.1, -0.05) is 18.2 Å². The van der Waals surface area contributed by atoms with Crippen LogP contribution in [0, 0.1) is 13.8 Å². The first-order chi connectivity index (χ1) is 11.5. The van der Waals surface area contributed by atoms with E-state index >= 15 is 0 Å². The normalized spacial score (nSPS) is 12.2. The fourth-order valence-electron chi connectivity index (χ4n) is 2.81. The molecule has 1 atom stereocenters. The van der Waals surface area contributed by atoms with Crippen LogP contribution < -0.4 is 10.4 Å². The first-order valence-corrected chi connectivity index (χ1v) is 7.59. The van der Waals surface area contributed by atoms with Crippen molar-refractivity contribution in [2.45, 2.75) is 26.3 Å².